The molecule has 0 aliphatic carbocycles. The molecule has 0 unspecified atom stereocenters. The molecule has 0 fully saturated rings. The van der Waals surface area contributed by atoms with Crippen LogP contribution in [0.4, 0.5) is 4.39 Å². The van der Waals surface area contributed by atoms with Gasteiger partial charge in [-0.1, -0.05) is 36.4 Å². The Labute approximate surface area is 114 Å². The number of nitrogens with zero attached hydrogens (tertiary/aromatic N) is 2. The fourth-order valence-corrected chi connectivity index (χ4v) is 2.19. The first kappa shape index (κ1) is 12.3. The van der Waals surface area contributed by atoms with E-state index in [1.54, 1.807) is 42.5 Å². The summed E-state index contributed by atoms with van der Waals surface area (Å²) < 4.78 is 15.2. The second-order valence-electron chi connectivity index (χ2n) is 4.42. The maximum absolute atomic E-state index is 13.7. The predicted octanol–water partition coefficient (Wildman–Crippen LogP) is 2.92. The van der Waals surface area contributed by atoms with E-state index in [1.165, 1.54) is 10.7 Å². The molecule has 0 bridgehead atoms. The van der Waals surface area contributed by atoms with Crippen molar-refractivity contribution in [1.29, 1.82) is 0 Å². The van der Waals surface area contributed by atoms with E-state index in [2.05, 4.69) is 5.10 Å². The third-order valence-corrected chi connectivity index (χ3v) is 3.14. The van der Waals surface area contributed by atoms with Gasteiger partial charge in [-0.15, -0.1) is 0 Å². The topological polar surface area (TPSA) is 55.1 Å². The van der Waals surface area contributed by atoms with Crippen LogP contribution in [0.2, 0.25) is 0 Å². The molecule has 1 N–H and O–H groups in total. The Bertz CT molecular complexity index is 795. The van der Waals surface area contributed by atoms with Gasteiger partial charge in [-0.3, -0.25) is 4.68 Å². The second kappa shape index (κ2) is 4.77. The first-order valence-electron chi connectivity index (χ1n) is 6.09. The summed E-state index contributed by atoms with van der Waals surface area (Å²) in [6, 6.07) is 13.4. The molecule has 5 heteroatoms. The largest absolute Gasteiger partial charge is 0.476 e. The van der Waals surface area contributed by atoms with Gasteiger partial charge in [0, 0.05) is 10.9 Å². The molecule has 1 aromatic heterocycles. The highest BCUT2D eigenvalue weighted by molar-refractivity contribution is 6.01. The normalized spacial score (nSPS) is 10.8. The number of fused-ring (bicyclic) bond motifs is 1. The highest BCUT2D eigenvalue weighted by atomic mass is 19.1. The Morgan fingerprint density at radius 1 is 1.15 bits per heavy atom. The van der Waals surface area contributed by atoms with Crippen molar-refractivity contribution in [3.8, 4) is 0 Å². The van der Waals surface area contributed by atoms with Crippen LogP contribution in [0.3, 0.4) is 0 Å². The smallest absolute Gasteiger partial charge is 0.357 e. The van der Waals surface area contributed by atoms with Crippen LogP contribution < -0.4 is 0 Å². The lowest BCUT2D eigenvalue weighted by Gasteiger charge is -2.04. The zero-order chi connectivity index (χ0) is 14.1. The molecule has 1 heterocycles. The van der Waals surface area contributed by atoms with Gasteiger partial charge < -0.3 is 5.11 Å². The quantitative estimate of drug-likeness (QED) is 0.796. The van der Waals surface area contributed by atoms with Crippen LogP contribution in [0.15, 0.2) is 48.5 Å². The van der Waals surface area contributed by atoms with Gasteiger partial charge >= 0.3 is 5.97 Å². The van der Waals surface area contributed by atoms with Crippen molar-refractivity contribution in [2.24, 2.45) is 0 Å². The summed E-state index contributed by atoms with van der Waals surface area (Å²) in [4.78, 5) is 11.2. The van der Waals surface area contributed by atoms with E-state index in [1.807, 2.05) is 0 Å². The highest BCUT2D eigenvalue weighted by Gasteiger charge is 2.16. The lowest BCUT2D eigenvalue weighted by atomic mass is 10.2. The minimum atomic E-state index is -1.09. The number of aromatic nitrogens is 2. The van der Waals surface area contributed by atoms with Crippen LogP contribution in [-0.4, -0.2) is 20.9 Å². The Balaban J connectivity index is 2.13. The van der Waals surface area contributed by atoms with Crippen LogP contribution in [-0.2, 0) is 6.54 Å². The lowest BCUT2D eigenvalue weighted by molar-refractivity contribution is 0.0691. The van der Waals surface area contributed by atoms with Gasteiger partial charge in [0.2, 0.25) is 0 Å². The zero-order valence-electron chi connectivity index (χ0n) is 10.5. The van der Waals surface area contributed by atoms with Crippen molar-refractivity contribution in [3.05, 3.63) is 65.6 Å². The van der Waals surface area contributed by atoms with E-state index in [0.717, 1.165) is 0 Å². The standard InChI is InChI=1S/C15H11FN2O2/c16-12-7-3-1-5-10(12)9-18-13-8-4-2-6-11(13)14(17-18)15(19)20/h1-8H,9H2,(H,19,20). The zero-order valence-corrected chi connectivity index (χ0v) is 10.5. The number of carbonyl (C=O) groups is 1. The first-order valence-corrected chi connectivity index (χ1v) is 6.09. The number of carboxylic acid groups (broad SMARTS) is 1. The van der Waals surface area contributed by atoms with E-state index in [0.29, 0.717) is 16.5 Å². The predicted molar refractivity (Wildman–Crippen MR) is 72.2 cm³/mol. The number of carboxylic acids is 1. The fourth-order valence-electron chi connectivity index (χ4n) is 2.19. The van der Waals surface area contributed by atoms with Crippen molar-refractivity contribution >= 4 is 16.9 Å². The van der Waals surface area contributed by atoms with Gasteiger partial charge in [0.15, 0.2) is 5.69 Å². The SMILES string of the molecule is O=C(O)c1nn(Cc2ccccc2F)c2ccccc12. The van der Waals surface area contributed by atoms with Gasteiger partial charge in [0.25, 0.3) is 0 Å². The molecule has 0 saturated carbocycles. The number of para-hydroxylation sites is 1. The fraction of sp³-hybridized carbons (Fsp3) is 0.0667. The number of hydrogen-bond acceptors (Lipinski definition) is 2. The molecule has 0 aliphatic rings. The van der Waals surface area contributed by atoms with E-state index in [-0.39, 0.29) is 18.1 Å². The number of benzene rings is 2. The molecule has 0 saturated heterocycles. The number of halogens is 1. The van der Waals surface area contributed by atoms with Crippen LogP contribution in [0.25, 0.3) is 10.9 Å². The maximum atomic E-state index is 13.7. The second-order valence-corrected chi connectivity index (χ2v) is 4.42. The summed E-state index contributed by atoms with van der Waals surface area (Å²) in [5.74, 6) is -1.42. The molecule has 0 radical (unpaired) electrons. The first-order chi connectivity index (χ1) is 9.66. The molecule has 3 aromatic rings. The lowest BCUT2D eigenvalue weighted by Crippen LogP contribution is -2.05. The summed E-state index contributed by atoms with van der Waals surface area (Å²) in [5, 5.41) is 13.8. The van der Waals surface area contributed by atoms with Crippen LogP contribution in [0.1, 0.15) is 16.1 Å². The monoisotopic (exact) mass is 270 g/mol. The number of hydrogen-bond donors (Lipinski definition) is 1. The summed E-state index contributed by atoms with van der Waals surface area (Å²) >= 11 is 0. The van der Waals surface area contributed by atoms with Crippen LogP contribution >= 0.6 is 0 Å². The van der Waals surface area contributed by atoms with E-state index < -0.39 is 5.97 Å². The molecular weight excluding hydrogens is 259 g/mol. The molecule has 3 rings (SSSR count). The van der Waals surface area contributed by atoms with E-state index >= 15 is 0 Å². The summed E-state index contributed by atoms with van der Waals surface area (Å²) in [6.45, 7) is 0.195. The average Bonchev–Trinajstić information content (AvgIpc) is 2.81. The van der Waals surface area contributed by atoms with Crippen molar-refractivity contribution in [3.63, 3.8) is 0 Å². The van der Waals surface area contributed by atoms with Crippen molar-refractivity contribution in [2.75, 3.05) is 0 Å². The number of aromatic carboxylic acids is 1. The third kappa shape index (κ3) is 2.03. The van der Waals surface area contributed by atoms with Crippen LogP contribution in [0.5, 0.6) is 0 Å². The molecule has 0 amide bonds. The maximum Gasteiger partial charge on any atom is 0.357 e. The molecule has 100 valence electrons. The average molecular weight is 270 g/mol. The van der Waals surface area contributed by atoms with Gasteiger partial charge in [-0.05, 0) is 12.1 Å². The van der Waals surface area contributed by atoms with Crippen molar-refractivity contribution in [2.45, 2.75) is 6.54 Å². The van der Waals surface area contributed by atoms with E-state index in [4.69, 9.17) is 5.11 Å². The molecule has 2 aromatic carbocycles. The highest BCUT2D eigenvalue weighted by Crippen LogP contribution is 2.20. The van der Waals surface area contributed by atoms with E-state index in [9.17, 15) is 9.18 Å². The molecular formula is C15H11FN2O2. The van der Waals surface area contributed by atoms with Crippen LogP contribution in [0, 0.1) is 5.82 Å². The molecule has 0 spiro atoms. The minimum absolute atomic E-state index is 0.0167. The van der Waals surface area contributed by atoms with Crippen molar-refractivity contribution < 1.29 is 14.3 Å². The minimum Gasteiger partial charge on any atom is -0.476 e. The Hall–Kier alpha value is -2.69. The third-order valence-electron chi connectivity index (χ3n) is 3.14. The summed E-state index contributed by atoms with van der Waals surface area (Å²) in [5.41, 5.74) is 1.13. The Kier molecular flexibility index (Phi) is 2.95. The van der Waals surface area contributed by atoms with Gasteiger partial charge in [0.05, 0.1) is 12.1 Å². The molecule has 0 aliphatic heterocycles. The number of rotatable bonds is 3. The molecule has 4 nitrogen and oxygen atoms in total. The molecule has 0 atom stereocenters. The van der Waals surface area contributed by atoms with Gasteiger partial charge in [-0.25, -0.2) is 9.18 Å². The van der Waals surface area contributed by atoms with Crippen molar-refractivity contribution in [1.82, 2.24) is 9.78 Å². The summed E-state index contributed by atoms with van der Waals surface area (Å²) in [6.07, 6.45) is 0. The molecule has 20 heavy (non-hydrogen) atoms. The Morgan fingerprint density at radius 3 is 2.60 bits per heavy atom. The van der Waals surface area contributed by atoms with Gasteiger partial charge in [0.1, 0.15) is 5.82 Å². The summed E-state index contributed by atoms with van der Waals surface area (Å²) in [7, 11) is 0. The Morgan fingerprint density at radius 2 is 1.85 bits per heavy atom. The van der Waals surface area contributed by atoms with Gasteiger partial charge in [-0.2, -0.15) is 5.10 Å².